The maximum atomic E-state index is 12.0. The van der Waals surface area contributed by atoms with E-state index in [0.717, 1.165) is 31.7 Å². The lowest BCUT2D eigenvalue weighted by molar-refractivity contribution is -0.130. The van der Waals surface area contributed by atoms with E-state index in [4.69, 9.17) is 0 Å². The molecule has 25 heavy (non-hydrogen) atoms. The van der Waals surface area contributed by atoms with Gasteiger partial charge in [-0.3, -0.25) is 4.79 Å². The zero-order chi connectivity index (χ0) is 17.1. The van der Waals surface area contributed by atoms with Gasteiger partial charge in [0.1, 0.15) is 0 Å². The van der Waals surface area contributed by atoms with Crippen molar-refractivity contribution in [2.24, 2.45) is 5.92 Å². The van der Waals surface area contributed by atoms with Gasteiger partial charge in [-0.15, -0.1) is 0 Å². The average Bonchev–Trinajstić information content (AvgIpc) is 3.09. The molecule has 2 aromatic carbocycles. The lowest BCUT2D eigenvalue weighted by Crippen LogP contribution is -2.39. The summed E-state index contributed by atoms with van der Waals surface area (Å²) in [5, 5.41) is 0. The Morgan fingerprint density at radius 1 is 0.880 bits per heavy atom. The Morgan fingerprint density at radius 3 is 2.36 bits per heavy atom. The highest BCUT2D eigenvalue weighted by Gasteiger charge is 2.31. The van der Waals surface area contributed by atoms with E-state index in [-0.39, 0.29) is 0 Å². The standard InChI is InChI=1S/C23H27NO/c25-23-10-5-15-24(23)22-9-4-6-19(17-22)16-18-11-13-21(14-12-18)20-7-2-1-3-8-20/h1-3,7-8,11-14,19,22H,4-6,9-10,15-17H2. The van der Waals surface area contributed by atoms with Crippen LogP contribution < -0.4 is 0 Å². The fourth-order valence-electron chi connectivity index (χ4n) is 4.58. The van der Waals surface area contributed by atoms with Gasteiger partial charge in [-0.25, -0.2) is 0 Å². The highest BCUT2D eigenvalue weighted by atomic mass is 16.2. The predicted octanol–water partition coefficient (Wildman–Crippen LogP) is 5.08. The highest BCUT2D eigenvalue weighted by molar-refractivity contribution is 5.78. The van der Waals surface area contributed by atoms with Crippen LogP contribution in [0.3, 0.4) is 0 Å². The van der Waals surface area contributed by atoms with E-state index < -0.39 is 0 Å². The molecule has 2 fully saturated rings. The summed E-state index contributed by atoms with van der Waals surface area (Å²) in [6.45, 7) is 0.988. The Kier molecular flexibility index (Phi) is 4.87. The summed E-state index contributed by atoms with van der Waals surface area (Å²) in [5.41, 5.74) is 3.99. The van der Waals surface area contributed by atoms with E-state index >= 15 is 0 Å². The number of hydrogen-bond acceptors (Lipinski definition) is 1. The van der Waals surface area contributed by atoms with Gasteiger partial charge in [-0.2, -0.15) is 0 Å². The molecule has 2 heteroatoms. The quantitative estimate of drug-likeness (QED) is 0.764. The molecule has 1 aliphatic heterocycles. The summed E-state index contributed by atoms with van der Waals surface area (Å²) >= 11 is 0. The molecule has 1 saturated carbocycles. The van der Waals surface area contributed by atoms with Crippen molar-refractivity contribution in [1.82, 2.24) is 4.90 Å². The van der Waals surface area contributed by atoms with E-state index in [1.807, 2.05) is 0 Å². The molecule has 0 N–H and O–H groups in total. The van der Waals surface area contributed by atoms with Gasteiger partial charge in [0.05, 0.1) is 0 Å². The molecular formula is C23H27NO. The summed E-state index contributed by atoms with van der Waals surface area (Å²) in [4.78, 5) is 14.2. The van der Waals surface area contributed by atoms with E-state index in [1.165, 1.54) is 42.4 Å². The molecule has 0 spiro atoms. The minimum absolute atomic E-state index is 0.387. The lowest BCUT2D eigenvalue weighted by atomic mass is 9.81. The van der Waals surface area contributed by atoms with Crippen molar-refractivity contribution >= 4 is 5.91 Å². The minimum Gasteiger partial charge on any atom is -0.340 e. The van der Waals surface area contributed by atoms with Crippen LogP contribution in [0.2, 0.25) is 0 Å². The molecule has 2 unspecified atom stereocenters. The molecule has 2 aliphatic rings. The highest BCUT2D eigenvalue weighted by Crippen LogP contribution is 2.32. The molecule has 1 amide bonds. The molecule has 130 valence electrons. The van der Waals surface area contributed by atoms with Crippen LogP contribution in [0.4, 0.5) is 0 Å². The Bertz CT molecular complexity index is 707. The van der Waals surface area contributed by atoms with Crippen molar-refractivity contribution in [3.05, 3.63) is 60.2 Å². The Morgan fingerprint density at radius 2 is 1.64 bits per heavy atom. The van der Waals surface area contributed by atoms with Crippen molar-refractivity contribution in [2.75, 3.05) is 6.54 Å². The van der Waals surface area contributed by atoms with Crippen LogP contribution in [0.1, 0.15) is 44.1 Å². The molecule has 1 aliphatic carbocycles. The Hall–Kier alpha value is -2.09. The van der Waals surface area contributed by atoms with Crippen LogP contribution in [-0.4, -0.2) is 23.4 Å². The van der Waals surface area contributed by atoms with Crippen LogP contribution in [0.15, 0.2) is 54.6 Å². The van der Waals surface area contributed by atoms with Crippen LogP contribution in [0.5, 0.6) is 0 Å². The summed E-state index contributed by atoms with van der Waals surface area (Å²) in [6, 6.07) is 20.1. The summed E-state index contributed by atoms with van der Waals surface area (Å²) < 4.78 is 0. The second-order valence-electron chi connectivity index (χ2n) is 7.64. The largest absolute Gasteiger partial charge is 0.340 e. The normalized spacial score (nSPS) is 23.8. The van der Waals surface area contributed by atoms with Crippen LogP contribution in [0.25, 0.3) is 11.1 Å². The third-order valence-electron chi connectivity index (χ3n) is 5.89. The molecule has 1 heterocycles. The fraction of sp³-hybridized carbons (Fsp3) is 0.435. The van der Waals surface area contributed by atoms with E-state index in [1.54, 1.807) is 0 Å². The van der Waals surface area contributed by atoms with E-state index in [9.17, 15) is 4.79 Å². The Balaban J connectivity index is 1.39. The third kappa shape index (κ3) is 3.78. The predicted molar refractivity (Wildman–Crippen MR) is 102 cm³/mol. The summed E-state index contributed by atoms with van der Waals surface area (Å²) in [6.07, 6.45) is 7.93. The first-order chi connectivity index (χ1) is 12.3. The number of hydrogen-bond donors (Lipinski definition) is 0. The number of carbonyl (C=O) groups is 1. The topological polar surface area (TPSA) is 20.3 Å². The van der Waals surface area contributed by atoms with Crippen molar-refractivity contribution in [3.8, 4) is 11.1 Å². The van der Waals surface area contributed by atoms with Gasteiger partial charge >= 0.3 is 0 Å². The molecule has 2 nitrogen and oxygen atoms in total. The molecule has 1 saturated heterocycles. The molecule has 0 bridgehead atoms. The zero-order valence-corrected chi connectivity index (χ0v) is 14.9. The average molecular weight is 333 g/mol. The number of carbonyl (C=O) groups excluding carboxylic acids is 1. The minimum atomic E-state index is 0.387. The smallest absolute Gasteiger partial charge is 0.222 e. The summed E-state index contributed by atoms with van der Waals surface area (Å²) in [7, 11) is 0. The van der Waals surface area contributed by atoms with E-state index in [0.29, 0.717) is 11.9 Å². The van der Waals surface area contributed by atoms with Crippen molar-refractivity contribution in [1.29, 1.82) is 0 Å². The number of likely N-dealkylation sites (tertiary alicyclic amines) is 1. The number of amides is 1. The van der Waals surface area contributed by atoms with Gasteiger partial charge in [-0.1, -0.05) is 61.0 Å². The van der Waals surface area contributed by atoms with Crippen molar-refractivity contribution in [3.63, 3.8) is 0 Å². The molecule has 2 atom stereocenters. The van der Waals surface area contributed by atoms with Gasteiger partial charge in [0.25, 0.3) is 0 Å². The number of benzene rings is 2. The van der Waals surface area contributed by atoms with Crippen molar-refractivity contribution in [2.45, 2.75) is 51.0 Å². The van der Waals surface area contributed by atoms with Crippen LogP contribution in [-0.2, 0) is 11.2 Å². The second kappa shape index (κ2) is 7.43. The van der Waals surface area contributed by atoms with Gasteiger partial charge in [-0.05, 0) is 54.7 Å². The van der Waals surface area contributed by atoms with Gasteiger partial charge < -0.3 is 4.90 Å². The first-order valence-corrected chi connectivity index (χ1v) is 9.73. The van der Waals surface area contributed by atoms with Crippen LogP contribution in [0, 0.1) is 5.92 Å². The molecule has 2 aromatic rings. The van der Waals surface area contributed by atoms with Crippen LogP contribution >= 0.6 is 0 Å². The first kappa shape index (κ1) is 16.4. The monoisotopic (exact) mass is 333 g/mol. The zero-order valence-electron chi connectivity index (χ0n) is 14.9. The third-order valence-corrected chi connectivity index (χ3v) is 5.89. The lowest BCUT2D eigenvalue weighted by Gasteiger charge is -2.35. The van der Waals surface area contributed by atoms with E-state index in [2.05, 4.69) is 59.5 Å². The first-order valence-electron chi connectivity index (χ1n) is 9.73. The Labute approximate surface area is 150 Å². The fourth-order valence-corrected chi connectivity index (χ4v) is 4.58. The molecule has 0 aromatic heterocycles. The van der Waals surface area contributed by atoms with Gasteiger partial charge in [0.15, 0.2) is 0 Å². The maximum absolute atomic E-state index is 12.0. The number of rotatable bonds is 4. The molecule has 4 rings (SSSR count). The van der Waals surface area contributed by atoms with Gasteiger partial charge in [0.2, 0.25) is 5.91 Å². The maximum Gasteiger partial charge on any atom is 0.222 e. The second-order valence-corrected chi connectivity index (χ2v) is 7.64. The molecule has 0 radical (unpaired) electrons. The summed E-state index contributed by atoms with van der Waals surface area (Å²) in [5.74, 6) is 1.10. The SMILES string of the molecule is O=C1CCCN1C1CCCC(Cc2ccc(-c3ccccc3)cc2)C1. The van der Waals surface area contributed by atoms with Crippen molar-refractivity contribution < 1.29 is 4.79 Å². The number of nitrogens with zero attached hydrogens (tertiary/aromatic N) is 1. The van der Waals surface area contributed by atoms with Gasteiger partial charge in [0, 0.05) is 19.0 Å². The molecular weight excluding hydrogens is 306 g/mol.